The Hall–Kier alpha value is -3.59. The van der Waals surface area contributed by atoms with Gasteiger partial charge < -0.3 is 14.8 Å². The van der Waals surface area contributed by atoms with Crippen LogP contribution in [0.3, 0.4) is 0 Å². The van der Waals surface area contributed by atoms with Crippen LogP contribution in [0.15, 0.2) is 71.6 Å². The Kier molecular flexibility index (Phi) is 7.32. The zero-order valence-electron chi connectivity index (χ0n) is 17.6. The number of nitrogens with one attached hydrogen (secondary N) is 2. The molecule has 0 heterocycles. The van der Waals surface area contributed by atoms with Crippen molar-refractivity contribution in [3.05, 3.63) is 78.1 Å². The van der Waals surface area contributed by atoms with E-state index in [0.29, 0.717) is 23.6 Å². The monoisotopic (exact) mass is 458 g/mol. The molecule has 3 rings (SSSR count). The van der Waals surface area contributed by atoms with Gasteiger partial charge in [0.15, 0.2) is 0 Å². The summed E-state index contributed by atoms with van der Waals surface area (Å²) in [6, 6.07) is 16.2. The summed E-state index contributed by atoms with van der Waals surface area (Å²) >= 11 is 0. The van der Waals surface area contributed by atoms with Crippen LogP contribution < -0.4 is 19.5 Å². The molecule has 9 heteroatoms. The minimum Gasteiger partial charge on any atom is -0.497 e. The predicted molar refractivity (Wildman–Crippen MR) is 120 cm³/mol. The third-order valence-electron chi connectivity index (χ3n) is 4.68. The summed E-state index contributed by atoms with van der Waals surface area (Å²) in [5, 5.41) is 2.73. The van der Waals surface area contributed by atoms with Gasteiger partial charge in [-0.05, 0) is 66.6 Å². The normalized spacial score (nSPS) is 11.0. The molecule has 0 aromatic heterocycles. The Morgan fingerprint density at radius 3 is 2.28 bits per heavy atom. The average Bonchev–Trinajstić information content (AvgIpc) is 2.79. The van der Waals surface area contributed by atoms with Crippen molar-refractivity contribution in [2.45, 2.75) is 17.7 Å². The molecule has 0 bridgehead atoms. The summed E-state index contributed by atoms with van der Waals surface area (Å²) in [5.41, 5.74) is 1.32. The first kappa shape index (κ1) is 23.1. The van der Waals surface area contributed by atoms with E-state index in [-0.39, 0.29) is 22.9 Å². The second-order valence-corrected chi connectivity index (χ2v) is 8.51. The standard InChI is InChI=1S/C23H23FN2O5S/c1-30-18-10-13-22(31-2)16(15-18)7-14-23(27)25-20-5-3-4-6-21(20)26-32(28,29)19-11-8-17(24)9-12-19/h3-6,8-13,15,26H,7,14H2,1-2H3,(H,25,27). The number of carbonyl (C=O) groups is 1. The molecule has 0 unspecified atom stereocenters. The molecule has 0 atom stereocenters. The quantitative estimate of drug-likeness (QED) is 0.501. The van der Waals surface area contributed by atoms with E-state index in [1.807, 2.05) is 0 Å². The van der Waals surface area contributed by atoms with Crippen molar-refractivity contribution >= 4 is 27.3 Å². The zero-order chi connectivity index (χ0) is 23.1. The van der Waals surface area contributed by atoms with Gasteiger partial charge in [-0.1, -0.05) is 12.1 Å². The van der Waals surface area contributed by atoms with E-state index in [1.54, 1.807) is 50.6 Å². The van der Waals surface area contributed by atoms with Crippen LogP contribution >= 0.6 is 0 Å². The third-order valence-corrected chi connectivity index (χ3v) is 6.06. The Morgan fingerprint density at radius 1 is 0.938 bits per heavy atom. The van der Waals surface area contributed by atoms with Crippen molar-refractivity contribution in [3.8, 4) is 11.5 Å². The van der Waals surface area contributed by atoms with Gasteiger partial charge in [0.1, 0.15) is 17.3 Å². The number of rotatable bonds is 9. The Morgan fingerprint density at radius 2 is 1.62 bits per heavy atom. The number of sulfonamides is 1. The number of benzene rings is 3. The van der Waals surface area contributed by atoms with E-state index in [2.05, 4.69) is 10.0 Å². The van der Waals surface area contributed by atoms with Gasteiger partial charge in [0.2, 0.25) is 5.91 Å². The fourth-order valence-electron chi connectivity index (χ4n) is 3.04. The summed E-state index contributed by atoms with van der Waals surface area (Å²) < 4.78 is 51.3. The molecule has 3 aromatic rings. The largest absolute Gasteiger partial charge is 0.497 e. The number of hydrogen-bond donors (Lipinski definition) is 2. The molecular formula is C23H23FN2O5S. The predicted octanol–water partition coefficient (Wildman–Crippen LogP) is 4.22. The molecule has 1 amide bonds. The Labute approximate surface area is 186 Å². The van der Waals surface area contributed by atoms with Crippen LogP contribution in [0.4, 0.5) is 15.8 Å². The van der Waals surface area contributed by atoms with Crippen LogP contribution in [0, 0.1) is 5.82 Å². The van der Waals surface area contributed by atoms with Crippen molar-refractivity contribution in [2.75, 3.05) is 24.3 Å². The number of methoxy groups -OCH3 is 2. The molecular weight excluding hydrogens is 435 g/mol. The SMILES string of the molecule is COc1ccc(OC)c(CCC(=O)Nc2ccccc2NS(=O)(=O)c2ccc(F)cc2)c1. The molecule has 32 heavy (non-hydrogen) atoms. The van der Waals surface area contributed by atoms with E-state index < -0.39 is 15.8 Å². The maximum Gasteiger partial charge on any atom is 0.261 e. The van der Waals surface area contributed by atoms with Crippen molar-refractivity contribution in [1.82, 2.24) is 0 Å². The number of ether oxygens (including phenoxy) is 2. The lowest BCUT2D eigenvalue weighted by Gasteiger charge is -2.14. The maximum atomic E-state index is 13.1. The van der Waals surface area contributed by atoms with Crippen molar-refractivity contribution in [1.29, 1.82) is 0 Å². The molecule has 0 radical (unpaired) electrons. The molecule has 7 nitrogen and oxygen atoms in total. The highest BCUT2D eigenvalue weighted by atomic mass is 32.2. The van der Waals surface area contributed by atoms with Gasteiger partial charge in [0.05, 0.1) is 30.5 Å². The van der Waals surface area contributed by atoms with Crippen LogP contribution in [0.5, 0.6) is 11.5 Å². The molecule has 168 valence electrons. The average molecular weight is 459 g/mol. The second kappa shape index (κ2) is 10.1. The lowest BCUT2D eigenvalue weighted by molar-refractivity contribution is -0.116. The fraction of sp³-hybridized carbons (Fsp3) is 0.174. The van der Waals surface area contributed by atoms with Gasteiger partial charge in [0, 0.05) is 6.42 Å². The molecule has 2 N–H and O–H groups in total. The van der Waals surface area contributed by atoms with Crippen LogP contribution in [-0.2, 0) is 21.2 Å². The lowest BCUT2D eigenvalue weighted by atomic mass is 10.1. The highest BCUT2D eigenvalue weighted by Crippen LogP contribution is 2.27. The van der Waals surface area contributed by atoms with E-state index in [0.717, 1.165) is 17.7 Å². The van der Waals surface area contributed by atoms with Gasteiger partial charge in [-0.25, -0.2) is 12.8 Å². The summed E-state index contributed by atoms with van der Waals surface area (Å²) in [6.07, 6.45) is 0.540. The Balaban J connectivity index is 1.71. The maximum absolute atomic E-state index is 13.1. The van der Waals surface area contributed by atoms with Crippen molar-refractivity contribution in [2.24, 2.45) is 0 Å². The summed E-state index contributed by atoms with van der Waals surface area (Å²) in [6.45, 7) is 0. The minimum absolute atomic E-state index is 0.0925. The van der Waals surface area contributed by atoms with E-state index in [1.165, 1.54) is 18.2 Å². The molecule has 0 spiro atoms. The number of aryl methyl sites for hydroxylation is 1. The number of amides is 1. The molecule has 0 aliphatic rings. The summed E-state index contributed by atoms with van der Waals surface area (Å²) in [4.78, 5) is 12.5. The smallest absolute Gasteiger partial charge is 0.261 e. The molecule has 0 saturated heterocycles. The first-order valence-corrected chi connectivity index (χ1v) is 11.2. The molecule has 0 aliphatic carbocycles. The highest BCUT2D eigenvalue weighted by molar-refractivity contribution is 7.92. The second-order valence-electron chi connectivity index (χ2n) is 6.83. The minimum atomic E-state index is -3.96. The third kappa shape index (κ3) is 5.76. The number of carbonyl (C=O) groups excluding carboxylic acids is 1. The number of anilines is 2. The van der Waals surface area contributed by atoms with Gasteiger partial charge in [-0.3, -0.25) is 9.52 Å². The number of hydrogen-bond acceptors (Lipinski definition) is 5. The fourth-order valence-corrected chi connectivity index (χ4v) is 4.12. The lowest BCUT2D eigenvalue weighted by Crippen LogP contribution is -2.17. The van der Waals surface area contributed by atoms with Crippen LogP contribution in [0.1, 0.15) is 12.0 Å². The highest BCUT2D eigenvalue weighted by Gasteiger charge is 2.17. The molecule has 0 fully saturated rings. The molecule has 0 aliphatic heterocycles. The van der Waals surface area contributed by atoms with Crippen molar-refractivity contribution in [3.63, 3.8) is 0 Å². The van der Waals surface area contributed by atoms with Crippen LogP contribution in [0.25, 0.3) is 0 Å². The van der Waals surface area contributed by atoms with E-state index in [4.69, 9.17) is 9.47 Å². The van der Waals surface area contributed by atoms with Crippen LogP contribution in [0.2, 0.25) is 0 Å². The van der Waals surface area contributed by atoms with E-state index >= 15 is 0 Å². The molecule has 3 aromatic carbocycles. The Bertz CT molecular complexity index is 1200. The van der Waals surface area contributed by atoms with Crippen LogP contribution in [-0.4, -0.2) is 28.5 Å². The summed E-state index contributed by atoms with van der Waals surface area (Å²) in [7, 11) is -0.851. The first-order chi connectivity index (χ1) is 15.3. The number of para-hydroxylation sites is 2. The first-order valence-electron chi connectivity index (χ1n) is 9.70. The zero-order valence-corrected chi connectivity index (χ0v) is 18.4. The molecule has 0 saturated carbocycles. The topological polar surface area (TPSA) is 93.7 Å². The number of halogens is 1. The van der Waals surface area contributed by atoms with E-state index in [9.17, 15) is 17.6 Å². The summed E-state index contributed by atoms with van der Waals surface area (Å²) in [5.74, 6) is 0.459. The van der Waals surface area contributed by atoms with Crippen molar-refractivity contribution < 1.29 is 27.1 Å². The van der Waals surface area contributed by atoms with Gasteiger partial charge in [-0.2, -0.15) is 0 Å². The van der Waals surface area contributed by atoms with Gasteiger partial charge in [-0.15, -0.1) is 0 Å². The van der Waals surface area contributed by atoms with Gasteiger partial charge >= 0.3 is 0 Å². The van der Waals surface area contributed by atoms with Gasteiger partial charge in [0.25, 0.3) is 10.0 Å².